The lowest BCUT2D eigenvalue weighted by Gasteiger charge is -2.32. The number of hydrogen-bond acceptors (Lipinski definition) is 8. The average molecular weight is 555 g/mol. The van der Waals surface area contributed by atoms with Crippen molar-refractivity contribution in [1.29, 1.82) is 0 Å². The fourth-order valence-corrected chi connectivity index (χ4v) is 4.61. The van der Waals surface area contributed by atoms with Gasteiger partial charge in [0.2, 0.25) is 5.91 Å². The molecular weight excluding hydrogens is 520 g/mol. The van der Waals surface area contributed by atoms with Crippen LogP contribution in [0, 0.1) is 0 Å². The van der Waals surface area contributed by atoms with Gasteiger partial charge in [-0.15, -0.1) is 0 Å². The van der Waals surface area contributed by atoms with Gasteiger partial charge in [0.1, 0.15) is 23.1 Å². The van der Waals surface area contributed by atoms with E-state index in [0.29, 0.717) is 46.4 Å². The van der Waals surface area contributed by atoms with Crippen LogP contribution in [0.25, 0.3) is 10.9 Å². The minimum absolute atomic E-state index is 0.197. The molecule has 212 valence electrons. The number of nitrogens with zero attached hydrogens (tertiary/aromatic N) is 4. The van der Waals surface area contributed by atoms with E-state index in [0.717, 1.165) is 44.5 Å². The summed E-state index contributed by atoms with van der Waals surface area (Å²) in [7, 11) is 2.15. The number of pyridine rings is 2. The van der Waals surface area contributed by atoms with Crippen molar-refractivity contribution >= 4 is 34.2 Å². The fraction of sp³-hybridized carbons (Fsp3) is 0.290. The molecule has 0 bridgehead atoms. The van der Waals surface area contributed by atoms with E-state index in [4.69, 9.17) is 9.47 Å². The van der Waals surface area contributed by atoms with Crippen LogP contribution in [0.3, 0.4) is 0 Å². The highest BCUT2D eigenvalue weighted by Crippen LogP contribution is 2.36. The quantitative estimate of drug-likeness (QED) is 0.273. The molecule has 41 heavy (non-hydrogen) atoms. The molecule has 0 aliphatic carbocycles. The van der Waals surface area contributed by atoms with Crippen LogP contribution < -0.4 is 20.1 Å². The second-order valence-electron chi connectivity index (χ2n) is 10.00. The maximum atomic E-state index is 12.6. The van der Waals surface area contributed by atoms with E-state index in [1.165, 1.54) is 6.92 Å². The minimum Gasteiger partial charge on any atom is -0.491 e. The van der Waals surface area contributed by atoms with Crippen molar-refractivity contribution in [2.45, 2.75) is 13.3 Å². The van der Waals surface area contributed by atoms with E-state index in [9.17, 15) is 9.59 Å². The fourth-order valence-electron chi connectivity index (χ4n) is 4.61. The zero-order valence-corrected chi connectivity index (χ0v) is 23.3. The molecule has 1 saturated heterocycles. The van der Waals surface area contributed by atoms with Crippen LogP contribution in [0.2, 0.25) is 0 Å². The summed E-state index contributed by atoms with van der Waals surface area (Å²) in [4.78, 5) is 37.9. The standard InChI is InChI=1S/C31H34N6O4/c1-22(38)34-27-20-25-26(21-29(27)40-19-5-14-37-17-15-36(2)16-18-37)32-13-11-28(25)41-24-9-7-23(8-10-24)31(39)35-30-6-3-4-12-33-30/h3-4,6-13,20-21H,5,14-19H2,1-2H3,(H,34,38)(H,33,35,39). The number of piperazine rings is 1. The van der Waals surface area contributed by atoms with Gasteiger partial charge in [0.15, 0.2) is 0 Å². The zero-order chi connectivity index (χ0) is 28.6. The van der Waals surface area contributed by atoms with Gasteiger partial charge < -0.3 is 29.9 Å². The summed E-state index contributed by atoms with van der Waals surface area (Å²) in [6.07, 6.45) is 4.17. The number of hydrogen-bond donors (Lipinski definition) is 2. The molecule has 0 radical (unpaired) electrons. The van der Waals surface area contributed by atoms with Crippen LogP contribution in [-0.4, -0.2) is 78.0 Å². The van der Waals surface area contributed by atoms with Gasteiger partial charge in [0.25, 0.3) is 5.91 Å². The maximum absolute atomic E-state index is 12.6. The van der Waals surface area contributed by atoms with Gasteiger partial charge in [-0.05, 0) is 62.0 Å². The normalized spacial score (nSPS) is 14.0. The number of amides is 2. The molecule has 4 aromatic rings. The van der Waals surface area contributed by atoms with E-state index < -0.39 is 0 Å². The minimum atomic E-state index is -0.263. The van der Waals surface area contributed by atoms with Gasteiger partial charge in [-0.25, -0.2) is 4.98 Å². The Morgan fingerprint density at radius 1 is 0.902 bits per heavy atom. The third-order valence-corrected chi connectivity index (χ3v) is 6.84. The van der Waals surface area contributed by atoms with Crippen molar-refractivity contribution < 1.29 is 19.1 Å². The highest BCUT2D eigenvalue weighted by molar-refractivity contribution is 6.03. The third kappa shape index (κ3) is 7.56. The Morgan fingerprint density at radius 3 is 2.44 bits per heavy atom. The van der Waals surface area contributed by atoms with E-state index in [-0.39, 0.29) is 11.8 Å². The molecule has 2 aromatic heterocycles. The molecule has 2 N–H and O–H groups in total. The molecule has 1 aliphatic heterocycles. The topological polar surface area (TPSA) is 109 Å². The largest absolute Gasteiger partial charge is 0.491 e. The van der Waals surface area contributed by atoms with Crippen LogP contribution in [-0.2, 0) is 4.79 Å². The van der Waals surface area contributed by atoms with Gasteiger partial charge in [-0.1, -0.05) is 6.07 Å². The molecule has 1 fully saturated rings. The zero-order valence-electron chi connectivity index (χ0n) is 23.3. The molecule has 2 aromatic carbocycles. The molecule has 10 nitrogen and oxygen atoms in total. The van der Waals surface area contributed by atoms with Gasteiger partial charge in [0.05, 0.1) is 17.8 Å². The van der Waals surface area contributed by atoms with Crippen LogP contribution in [0.1, 0.15) is 23.7 Å². The summed E-state index contributed by atoms with van der Waals surface area (Å²) < 4.78 is 12.3. The lowest BCUT2D eigenvalue weighted by molar-refractivity contribution is -0.114. The number of likely N-dealkylation sites (N-methyl/N-ethyl adjacent to an activating group) is 1. The van der Waals surface area contributed by atoms with E-state index in [2.05, 4.69) is 37.4 Å². The molecule has 10 heteroatoms. The average Bonchev–Trinajstić information content (AvgIpc) is 2.97. The van der Waals surface area contributed by atoms with Crippen molar-refractivity contribution in [3.63, 3.8) is 0 Å². The summed E-state index contributed by atoms with van der Waals surface area (Å²) in [5.41, 5.74) is 1.71. The first-order valence-corrected chi connectivity index (χ1v) is 13.7. The Balaban J connectivity index is 1.27. The lowest BCUT2D eigenvalue weighted by atomic mass is 10.1. The molecule has 0 saturated carbocycles. The molecule has 0 spiro atoms. The summed E-state index contributed by atoms with van der Waals surface area (Å²) in [6.45, 7) is 7.26. The van der Waals surface area contributed by atoms with Crippen molar-refractivity contribution in [2.75, 3.05) is 57.0 Å². The second kappa shape index (κ2) is 13.2. The van der Waals surface area contributed by atoms with Crippen LogP contribution in [0.4, 0.5) is 11.5 Å². The molecule has 1 aliphatic rings. The summed E-state index contributed by atoms with van der Waals surface area (Å²) >= 11 is 0. The molecular formula is C31H34N6O4. The summed E-state index contributed by atoms with van der Waals surface area (Å²) in [5, 5.41) is 6.36. The highest BCUT2D eigenvalue weighted by atomic mass is 16.5. The second-order valence-corrected chi connectivity index (χ2v) is 10.00. The third-order valence-electron chi connectivity index (χ3n) is 6.84. The highest BCUT2D eigenvalue weighted by Gasteiger charge is 2.15. The Kier molecular flexibility index (Phi) is 9.02. The number of carbonyl (C=O) groups excluding carboxylic acids is 2. The smallest absolute Gasteiger partial charge is 0.256 e. The first-order valence-electron chi connectivity index (χ1n) is 13.7. The van der Waals surface area contributed by atoms with E-state index >= 15 is 0 Å². The number of benzene rings is 2. The molecule has 3 heterocycles. The van der Waals surface area contributed by atoms with Crippen LogP contribution in [0.5, 0.6) is 17.2 Å². The predicted molar refractivity (Wildman–Crippen MR) is 159 cm³/mol. The first kappa shape index (κ1) is 28.0. The van der Waals surface area contributed by atoms with Gasteiger partial charge in [0, 0.05) is 69.1 Å². The first-order chi connectivity index (χ1) is 19.9. The van der Waals surface area contributed by atoms with Gasteiger partial charge in [-0.3, -0.25) is 14.6 Å². The Labute approximate surface area is 239 Å². The molecule has 0 atom stereocenters. The Morgan fingerprint density at radius 2 is 1.71 bits per heavy atom. The van der Waals surface area contributed by atoms with Crippen LogP contribution in [0.15, 0.2) is 73.1 Å². The SMILES string of the molecule is CC(=O)Nc1cc2c(Oc3ccc(C(=O)Nc4ccccn4)cc3)ccnc2cc1OCCCN1CCN(C)CC1. The number of rotatable bonds is 10. The number of nitrogens with one attached hydrogen (secondary N) is 2. The number of aromatic nitrogens is 2. The van der Waals surface area contributed by atoms with Crippen molar-refractivity contribution in [3.8, 4) is 17.2 Å². The lowest BCUT2D eigenvalue weighted by Crippen LogP contribution is -2.44. The summed E-state index contributed by atoms with van der Waals surface area (Å²) in [6, 6.07) is 17.6. The number of fused-ring (bicyclic) bond motifs is 1. The Bertz CT molecular complexity index is 1490. The number of carbonyl (C=O) groups is 2. The molecule has 2 amide bonds. The van der Waals surface area contributed by atoms with Crippen molar-refractivity contribution in [3.05, 3.63) is 78.6 Å². The predicted octanol–water partition coefficient (Wildman–Crippen LogP) is 4.65. The van der Waals surface area contributed by atoms with E-state index in [1.54, 1.807) is 60.9 Å². The summed E-state index contributed by atoms with van der Waals surface area (Å²) in [5.74, 6) is 1.71. The monoisotopic (exact) mass is 554 g/mol. The number of anilines is 2. The maximum Gasteiger partial charge on any atom is 0.256 e. The molecule has 5 rings (SSSR count). The van der Waals surface area contributed by atoms with Gasteiger partial charge >= 0.3 is 0 Å². The van der Waals surface area contributed by atoms with E-state index in [1.807, 2.05) is 12.1 Å². The molecule has 0 unspecified atom stereocenters. The van der Waals surface area contributed by atoms with Crippen molar-refractivity contribution in [2.24, 2.45) is 0 Å². The van der Waals surface area contributed by atoms with Crippen LogP contribution >= 0.6 is 0 Å². The van der Waals surface area contributed by atoms with Gasteiger partial charge in [-0.2, -0.15) is 0 Å². The Hall–Kier alpha value is -4.54. The van der Waals surface area contributed by atoms with Crippen molar-refractivity contribution in [1.82, 2.24) is 19.8 Å². The number of ether oxygens (including phenoxy) is 2.